The largest absolute Gasteiger partial charge is 0.419 e. The van der Waals surface area contributed by atoms with E-state index in [1.54, 1.807) is 12.1 Å². The maximum atomic E-state index is 13.0. The van der Waals surface area contributed by atoms with E-state index in [1.165, 1.54) is 34.8 Å². The van der Waals surface area contributed by atoms with Crippen molar-refractivity contribution in [1.29, 1.82) is 0 Å². The van der Waals surface area contributed by atoms with Gasteiger partial charge in [0.25, 0.3) is 0 Å². The molecule has 10 heteroatoms. The minimum absolute atomic E-state index is 0.0177. The Morgan fingerprint density at radius 3 is 2.45 bits per heavy atom. The highest BCUT2D eigenvalue weighted by atomic mass is 35.5. The van der Waals surface area contributed by atoms with Crippen LogP contribution in [0.5, 0.6) is 5.75 Å². The molecule has 0 unspecified atom stereocenters. The van der Waals surface area contributed by atoms with E-state index < -0.39 is 16.0 Å². The summed E-state index contributed by atoms with van der Waals surface area (Å²) in [6, 6.07) is 8.85. The number of carbonyl (C=O) groups excluding carboxylic acids is 1. The van der Waals surface area contributed by atoms with E-state index in [9.17, 15) is 13.2 Å². The monoisotopic (exact) mass is 498 g/mol. The third-order valence-electron chi connectivity index (χ3n) is 5.06. The number of piperidine rings is 1. The van der Waals surface area contributed by atoms with Crippen LogP contribution in [0, 0.1) is 0 Å². The first-order valence-electron chi connectivity index (χ1n) is 9.53. The lowest BCUT2D eigenvalue weighted by atomic mass is 10.2. The fourth-order valence-corrected chi connectivity index (χ4v) is 5.76. The normalized spacial score (nSPS) is 15.2. The molecule has 0 bridgehead atoms. The number of ether oxygens (including phenoxy) is 1. The minimum Gasteiger partial charge on any atom is -0.419 e. The van der Waals surface area contributed by atoms with Crippen LogP contribution in [0.4, 0.5) is 0 Å². The highest BCUT2D eigenvalue weighted by molar-refractivity contribution is 7.89. The Bertz CT molecular complexity index is 1280. The molecule has 0 radical (unpaired) electrons. The number of carbonyl (C=O) groups is 1. The van der Waals surface area contributed by atoms with Crippen LogP contribution in [0.2, 0.25) is 15.1 Å². The molecule has 1 aromatic heterocycles. The maximum absolute atomic E-state index is 13.0. The molecule has 0 spiro atoms. The number of hydrogen-bond donors (Lipinski definition) is 0. The van der Waals surface area contributed by atoms with Crippen LogP contribution in [-0.4, -0.2) is 36.8 Å². The van der Waals surface area contributed by atoms with Crippen molar-refractivity contribution >= 4 is 61.7 Å². The number of rotatable bonds is 4. The van der Waals surface area contributed by atoms with Crippen LogP contribution in [0.25, 0.3) is 10.9 Å². The molecule has 0 aliphatic carbocycles. The first-order valence-corrected chi connectivity index (χ1v) is 12.1. The van der Waals surface area contributed by atoms with Crippen molar-refractivity contribution in [1.82, 2.24) is 9.29 Å². The van der Waals surface area contributed by atoms with E-state index in [-0.39, 0.29) is 26.3 Å². The molecule has 0 amide bonds. The van der Waals surface area contributed by atoms with Crippen LogP contribution >= 0.6 is 34.8 Å². The lowest BCUT2D eigenvalue weighted by Gasteiger charge is -2.26. The standard InChI is InChI=1S/C21H17Cl3N2O4S/c22-16-7-6-13(31(28,29)26-9-2-1-3-10-26)11-15(16)21(27)30-20-18(24)12-17(23)14-5-4-8-25-19(14)20/h4-8,11-12H,1-3,9-10H2. The third-order valence-corrected chi connectivity index (χ3v) is 7.87. The molecule has 3 aromatic rings. The van der Waals surface area contributed by atoms with E-state index in [2.05, 4.69) is 4.98 Å². The number of pyridine rings is 1. The first kappa shape index (κ1) is 22.3. The Balaban J connectivity index is 1.70. The van der Waals surface area contributed by atoms with Crippen LogP contribution in [0.3, 0.4) is 0 Å². The van der Waals surface area contributed by atoms with E-state index in [4.69, 9.17) is 39.5 Å². The van der Waals surface area contributed by atoms with Gasteiger partial charge < -0.3 is 4.74 Å². The zero-order chi connectivity index (χ0) is 22.2. The predicted molar refractivity (Wildman–Crippen MR) is 121 cm³/mol. The summed E-state index contributed by atoms with van der Waals surface area (Å²) < 4.78 is 32.9. The number of aromatic nitrogens is 1. The number of fused-ring (bicyclic) bond motifs is 1. The molecule has 31 heavy (non-hydrogen) atoms. The Labute approximate surface area is 194 Å². The van der Waals surface area contributed by atoms with Gasteiger partial charge in [0.2, 0.25) is 10.0 Å². The number of benzene rings is 2. The molecule has 1 fully saturated rings. The summed E-state index contributed by atoms with van der Waals surface area (Å²) in [5.41, 5.74) is 0.219. The summed E-state index contributed by atoms with van der Waals surface area (Å²) >= 11 is 18.6. The molecule has 0 N–H and O–H groups in total. The molecule has 162 valence electrons. The lowest BCUT2D eigenvalue weighted by molar-refractivity contribution is 0.0737. The van der Waals surface area contributed by atoms with Gasteiger partial charge in [-0.25, -0.2) is 13.2 Å². The number of nitrogens with zero attached hydrogens (tertiary/aromatic N) is 2. The fraction of sp³-hybridized carbons (Fsp3) is 0.238. The van der Waals surface area contributed by atoms with Gasteiger partial charge in [-0.2, -0.15) is 4.31 Å². The fourth-order valence-electron chi connectivity index (χ4n) is 3.47. The Morgan fingerprint density at radius 2 is 1.71 bits per heavy atom. The number of esters is 1. The maximum Gasteiger partial charge on any atom is 0.345 e. The van der Waals surface area contributed by atoms with E-state index in [0.29, 0.717) is 29.0 Å². The second kappa shape index (κ2) is 8.92. The molecule has 1 aliphatic heterocycles. The van der Waals surface area contributed by atoms with Gasteiger partial charge >= 0.3 is 5.97 Å². The van der Waals surface area contributed by atoms with Crippen molar-refractivity contribution in [3.05, 3.63) is 63.2 Å². The van der Waals surface area contributed by atoms with E-state index >= 15 is 0 Å². The Morgan fingerprint density at radius 1 is 0.968 bits per heavy atom. The minimum atomic E-state index is -3.75. The zero-order valence-electron chi connectivity index (χ0n) is 16.1. The molecule has 2 heterocycles. The van der Waals surface area contributed by atoms with Gasteiger partial charge in [-0.05, 0) is 49.2 Å². The number of hydrogen-bond acceptors (Lipinski definition) is 5. The SMILES string of the molecule is O=C(Oc1c(Cl)cc(Cl)c2cccnc12)c1cc(S(=O)(=O)N2CCCCC2)ccc1Cl. The predicted octanol–water partition coefficient (Wildman–Crippen LogP) is 5.59. The molecule has 0 atom stereocenters. The lowest BCUT2D eigenvalue weighted by Crippen LogP contribution is -2.35. The quantitative estimate of drug-likeness (QED) is 0.345. The highest BCUT2D eigenvalue weighted by Gasteiger charge is 2.28. The van der Waals surface area contributed by atoms with Crippen LogP contribution in [0.15, 0.2) is 47.5 Å². The second-order valence-corrected chi connectivity index (χ2v) is 10.2. The van der Waals surface area contributed by atoms with Gasteiger partial charge in [-0.15, -0.1) is 0 Å². The van der Waals surface area contributed by atoms with Crippen molar-refractivity contribution in [2.24, 2.45) is 0 Å². The molecule has 2 aromatic carbocycles. The Kier molecular flexibility index (Phi) is 6.42. The number of halogens is 3. The van der Waals surface area contributed by atoms with E-state index in [1.807, 2.05) is 0 Å². The van der Waals surface area contributed by atoms with Gasteiger partial charge in [-0.1, -0.05) is 41.2 Å². The highest BCUT2D eigenvalue weighted by Crippen LogP contribution is 2.37. The first-order chi connectivity index (χ1) is 14.8. The van der Waals surface area contributed by atoms with Gasteiger partial charge in [0.15, 0.2) is 5.75 Å². The molecular formula is C21H17Cl3N2O4S. The summed E-state index contributed by atoms with van der Waals surface area (Å²) in [6.07, 6.45) is 4.12. The summed E-state index contributed by atoms with van der Waals surface area (Å²) in [7, 11) is -3.75. The average Bonchev–Trinajstić information content (AvgIpc) is 2.77. The Hall–Kier alpha value is -1.90. The summed E-state index contributed by atoms with van der Waals surface area (Å²) in [5.74, 6) is -0.830. The van der Waals surface area contributed by atoms with Crippen molar-refractivity contribution < 1.29 is 17.9 Å². The summed E-state index contributed by atoms with van der Waals surface area (Å²) in [5, 5.41) is 1.08. The number of sulfonamides is 1. The third kappa shape index (κ3) is 4.38. The van der Waals surface area contributed by atoms with Crippen LogP contribution in [-0.2, 0) is 10.0 Å². The van der Waals surface area contributed by atoms with Crippen molar-refractivity contribution in [3.8, 4) is 5.75 Å². The van der Waals surface area contributed by atoms with Crippen LogP contribution < -0.4 is 4.74 Å². The molecule has 6 nitrogen and oxygen atoms in total. The van der Waals surface area contributed by atoms with Gasteiger partial charge in [0.1, 0.15) is 5.52 Å². The summed E-state index contributed by atoms with van der Waals surface area (Å²) in [4.78, 5) is 17.1. The average molecular weight is 500 g/mol. The van der Waals surface area contributed by atoms with Gasteiger partial charge in [-0.3, -0.25) is 4.98 Å². The summed E-state index contributed by atoms with van der Waals surface area (Å²) in [6.45, 7) is 0.894. The topological polar surface area (TPSA) is 76.6 Å². The van der Waals surface area contributed by atoms with Crippen molar-refractivity contribution in [2.45, 2.75) is 24.2 Å². The zero-order valence-corrected chi connectivity index (χ0v) is 19.2. The molecule has 4 rings (SSSR count). The molecule has 1 aliphatic rings. The van der Waals surface area contributed by atoms with E-state index in [0.717, 1.165) is 19.3 Å². The molecule has 0 saturated carbocycles. The van der Waals surface area contributed by atoms with Gasteiger partial charge in [0, 0.05) is 24.7 Å². The van der Waals surface area contributed by atoms with Crippen molar-refractivity contribution in [2.75, 3.05) is 13.1 Å². The smallest absolute Gasteiger partial charge is 0.345 e. The second-order valence-electron chi connectivity index (χ2n) is 7.06. The van der Waals surface area contributed by atoms with Crippen molar-refractivity contribution in [3.63, 3.8) is 0 Å². The molecule has 1 saturated heterocycles. The molecular weight excluding hydrogens is 483 g/mol. The van der Waals surface area contributed by atoms with Gasteiger partial charge in [0.05, 0.1) is 25.5 Å². The van der Waals surface area contributed by atoms with Crippen LogP contribution in [0.1, 0.15) is 29.6 Å².